The van der Waals surface area contributed by atoms with Gasteiger partial charge < -0.3 is 10.6 Å². The Kier molecular flexibility index (Phi) is 6.05. The van der Waals surface area contributed by atoms with Crippen LogP contribution in [0.5, 0.6) is 0 Å². The molecule has 0 aromatic heterocycles. The molecule has 1 aliphatic rings. The van der Waals surface area contributed by atoms with E-state index < -0.39 is 0 Å². The van der Waals surface area contributed by atoms with E-state index in [-0.39, 0.29) is 11.9 Å². The molecule has 1 unspecified atom stereocenters. The van der Waals surface area contributed by atoms with E-state index >= 15 is 0 Å². The van der Waals surface area contributed by atoms with Crippen LogP contribution in [0.3, 0.4) is 0 Å². The standard InChI is InChI=1S/C16H23BrN2O/c1-12(14-4-2-3-5-15(14)17)19-16(20)7-6-13-8-10-18-11-9-13/h2-5,12-13,18H,6-11H2,1H3,(H,19,20). The normalized spacial score (nSPS) is 17.7. The average molecular weight is 339 g/mol. The van der Waals surface area contributed by atoms with Crippen LogP contribution in [-0.4, -0.2) is 19.0 Å². The summed E-state index contributed by atoms with van der Waals surface area (Å²) in [6, 6.07) is 8.08. The highest BCUT2D eigenvalue weighted by molar-refractivity contribution is 9.10. The Morgan fingerprint density at radius 2 is 2.10 bits per heavy atom. The summed E-state index contributed by atoms with van der Waals surface area (Å²) in [4.78, 5) is 12.0. The third kappa shape index (κ3) is 4.60. The molecule has 0 radical (unpaired) electrons. The molecule has 1 amide bonds. The minimum absolute atomic E-state index is 0.0473. The molecule has 0 spiro atoms. The minimum atomic E-state index is 0.0473. The van der Waals surface area contributed by atoms with E-state index in [4.69, 9.17) is 0 Å². The Morgan fingerprint density at radius 3 is 2.80 bits per heavy atom. The second-order valence-corrected chi connectivity index (χ2v) is 6.40. The number of rotatable bonds is 5. The third-order valence-electron chi connectivity index (χ3n) is 3.99. The Balaban J connectivity index is 1.77. The zero-order valence-corrected chi connectivity index (χ0v) is 13.6. The van der Waals surface area contributed by atoms with Crippen molar-refractivity contribution in [2.75, 3.05) is 13.1 Å². The number of hydrogen-bond acceptors (Lipinski definition) is 2. The number of carbonyl (C=O) groups excluding carboxylic acids is 1. The van der Waals surface area contributed by atoms with Crippen molar-refractivity contribution in [2.24, 2.45) is 5.92 Å². The summed E-state index contributed by atoms with van der Waals surface area (Å²) in [5.74, 6) is 0.868. The molecule has 1 aliphatic heterocycles. The van der Waals surface area contributed by atoms with E-state index in [9.17, 15) is 4.79 Å². The average Bonchev–Trinajstić information content (AvgIpc) is 2.46. The molecule has 1 aromatic carbocycles. The lowest BCUT2D eigenvalue weighted by atomic mass is 9.93. The maximum Gasteiger partial charge on any atom is 0.220 e. The van der Waals surface area contributed by atoms with Crippen LogP contribution in [0.4, 0.5) is 0 Å². The maximum atomic E-state index is 12.0. The van der Waals surface area contributed by atoms with Crippen LogP contribution >= 0.6 is 15.9 Å². The number of carbonyl (C=O) groups is 1. The first-order valence-corrected chi connectivity index (χ1v) is 8.20. The second kappa shape index (κ2) is 7.79. The highest BCUT2D eigenvalue weighted by Gasteiger charge is 2.16. The molecule has 1 heterocycles. The highest BCUT2D eigenvalue weighted by atomic mass is 79.9. The van der Waals surface area contributed by atoms with E-state index in [1.807, 2.05) is 31.2 Å². The van der Waals surface area contributed by atoms with Crippen LogP contribution in [0.2, 0.25) is 0 Å². The Morgan fingerprint density at radius 1 is 1.40 bits per heavy atom. The number of nitrogens with one attached hydrogen (secondary N) is 2. The van der Waals surface area contributed by atoms with E-state index in [2.05, 4.69) is 26.6 Å². The molecular weight excluding hydrogens is 316 g/mol. The highest BCUT2D eigenvalue weighted by Crippen LogP contribution is 2.23. The molecule has 2 N–H and O–H groups in total. The van der Waals surface area contributed by atoms with Gasteiger partial charge in [0.05, 0.1) is 6.04 Å². The molecule has 2 rings (SSSR count). The molecular formula is C16H23BrN2O. The van der Waals surface area contributed by atoms with Crippen LogP contribution in [0.15, 0.2) is 28.7 Å². The molecule has 0 aliphatic carbocycles. The molecule has 1 atom stereocenters. The summed E-state index contributed by atoms with van der Waals surface area (Å²) < 4.78 is 1.05. The van der Waals surface area contributed by atoms with Crippen molar-refractivity contribution >= 4 is 21.8 Å². The number of hydrogen-bond donors (Lipinski definition) is 2. The van der Waals surface area contributed by atoms with Gasteiger partial charge in [0.2, 0.25) is 5.91 Å². The first kappa shape index (κ1) is 15.5. The zero-order chi connectivity index (χ0) is 14.4. The zero-order valence-electron chi connectivity index (χ0n) is 12.0. The number of amides is 1. The molecule has 1 fully saturated rings. The van der Waals surface area contributed by atoms with Crippen LogP contribution in [0, 0.1) is 5.92 Å². The molecule has 20 heavy (non-hydrogen) atoms. The molecule has 1 saturated heterocycles. The lowest BCUT2D eigenvalue weighted by molar-refractivity contribution is -0.122. The van der Waals surface area contributed by atoms with Gasteiger partial charge in [0.15, 0.2) is 0 Å². The lowest BCUT2D eigenvalue weighted by Gasteiger charge is -2.22. The summed E-state index contributed by atoms with van der Waals surface area (Å²) in [7, 11) is 0. The molecule has 3 nitrogen and oxygen atoms in total. The van der Waals surface area contributed by atoms with Gasteiger partial charge in [0, 0.05) is 10.9 Å². The van der Waals surface area contributed by atoms with E-state index in [0.29, 0.717) is 12.3 Å². The number of halogens is 1. The molecule has 1 aromatic rings. The van der Waals surface area contributed by atoms with Crippen LogP contribution in [-0.2, 0) is 4.79 Å². The minimum Gasteiger partial charge on any atom is -0.350 e. The van der Waals surface area contributed by atoms with Crippen molar-refractivity contribution < 1.29 is 4.79 Å². The SMILES string of the molecule is CC(NC(=O)CCC1CCNCC1)c1ccccc1Br. The van der Waals surface area contributed by atoms with E-state index in [0.717, 1.165) is 29.5 Å². The summed E-state index contributed by atoms with van der Waals surface area (Å²) in [5.41, 5.74) is 1.13. The van der Waals surface area contributed by atoms with Gasteiger partial charge in [-0.3, -0.25) is 4.79 Å². The van der Waals surface area contributed by atoms with Gasteiger partial charge in [0.25, 0.3) is 0 Å². The van der Waals surface area contributed by atoms with Crippen molar-refractivity contribution in [1.29, 1.82) is 0 Å². The fourth-order valence-corrected chi connectivity index (χ4v) is 3.35. The number of piperidine rings is 1. The number of benzene rings is 1. The van der Waals surface area contributed by atoms with E-state index in [1.54, 1.807) is 0 Å². The van der Waals surface area contributed by atoms with E-state index in [1.165, 1.54) is 12.8 Å². The van der Waals surface area contributed by atoms with Gasteiger partial charge >= 0.3 is 0 Å². The fraction of sp³-hybridized carbons (Fsp3) is 0.562. The Bertz CT molecular complexity index is 444. The third-order valence-corrected chi connectivity index (χ3v) is 4.71. The largest absolute Gasteiger partial charge is 0.350 e. The van der Waals surface area contributed by atoms with Crippen molar-refractivity contribution in [3.63, 3.8) is 0 Å². The van der Waals surface area contributed by atoms with Gasteiger partial charge in [-0.2, -0.15) is 0 Å². The summed E-state index contributed by atoms with van der Waals surface area (Å²) in [5, 5.41) is 6.45. The summed E-state index contributed by atoms with van der Waals surface area (Å²) in [6.45, 7) is 4.22. The Hall–Kier alpha value is -0.870. The van der Waals surface area contributed by atoms with Crippen molar-refractivity contribution in [3.05, 3.63) is 34.3 Å². The second-order valence-electron chi connectivity index (χ2n) is 5.54. The first-order chi connectivity index (χ1) is 9.66. The van der Waals surface area contributed by atoms with Crippen LogP contribution in [0.1, 0.15) is 44.2 Å². The van der Waals surface area contributed by atoms with Gasteiger partial charge in [-0.1, -0.05) is 34.1 Å². The summed E-state index contributed by atoms with van der Waals surface area (Å²) >= 11 is 3.53. The van der Waals surface area contributed by atoms with Crippen molar-refractivity contribution in [2.45, 2.75) is 38.6 Å². The predicted molar refractivity (Wildman–Crippen MR) is 85.5 cm³/mol. The van der Waals surface area contributed by atoms with Gasteiger partial charge in [-0.25, -0.2) is 0 Å². The molecule has 0 bridgehead atoms. The van der Waals surface area contributed by atoms with Gasteiger partial charge in [-0.15, -0.1) is 0 Å². The Labute approximate surface area is 129 Å². The molecule has 110 valence electrons. The maximum absolute atomic E-state index is 12.0. The quantitative estimate of drug-likeness (QED) is 0.863. The fourth-order valence-electron chi connectivity index (χ4n) is 2.72. The van der Waals surface area contributed by atoms with Crippen molar-refractivity contribution in [3.8, 4) is 0 Å². The molecule has 4 heteroatoms. The monoisotopic (exact) mass is 338 g/mol. The van der Waals surface area contributed by atoms with Gasteiger partial charge in [0.1, 0.15) is 0 Å². The predicted octanol–water partition coefficient (Wildman–Crippen LogP) is 3.41. The smallest absolute Gasteiger partial charge is 0.220 e. The topological polar surface area (TPSA) is 41.1 Å². The van der Waals surface area contributed by atoms with Crippen molar-refractivity contribution in [1.82, 2.24) is 10.6 Å². The van der Waals surface area contributed by atoms with Gasteiger partial charge in [-0.05, 0) is 56.8 Å². The molecule has 0 saturated carbocycles. The van der Waals surface area contributed by atoms with Crippen LogP contribution in [0.25, 0.3) is 0 Å². The summed E-state index contributed by atoms with van der Waals surface area (Å²) in [6.07, 6.45) is 4.05. The lowest BCUT2D eigenvalue weighted by Crippen LogP contribution is -2.30. The first-order valence-electron chi connectivity index (χ1n) is 7.41. The van der Waals surface area contributed by atoms with Crippen LogP contribution < -0.4 is 10.6 Å².